The molecule has 0 aliphatic heterocycles. The maximum absolute atomic E-state index is 10.8. The molecule has 7 heteroatoms. The molecule has 21 heavy (non-hydrogen) atoms. The van der Waals surface area contributed by atoms with Gasteiger partial charge in [0.15, 0.2) is 0 Å². The fraction of sp³-hybridized carbons (Fsp3) is 0.500. The van der Waals surface area contributed by atoms with Gasteiger partial charge in [-0.1, -0.05) is 0 Å². The Kier molecular flexibility index (Phi) is 7.79. The zero-order valence-corrected chi connectivity index (χ0v) is 12.0. The summed E-state index contributed by atoms with van der Waals surface area (Å²) in [4.78, 5) is 10.4. The standard InChI is InChI=1S/C14H19N3O4/c1-20-9-7-16-11-12-10-13(17(18)19)4-5-14(12)21-8-3-2-6-15/h4-5,10,16H,2-3,7-9,11H2,1H3. The van der Waals surface area contributed by atoms with Crippen molar-refractivity contribution in [1.82, 2.24) is 5.32 Å². The van der Waals surface area contributed by atoms with E-state index >= 15 is 0 Å². The topological polar surface area (TPSA) is 97.4 Å². The molecule has 0 aliphatic rings. The van der Waals surface area contributed by atoms with Gasteiger partial charge in [0.2, 0.25) is 0 Å². The predicted molar refractivity (Wildman–Crippen MR) is 77.0 cm³/mol. The first-order valence-corrected chi connectivity index (χ1v) is 6.65. The average molecular weight is 293 g/mol. The molecule has 114 valence electrons. The Hall–Kier alpha value is -2.17. The summed E-state index contributed by atoms with van der Waals surface area (Å²) in [7, 11) is 1.61. The summed E-state index contributed by atoms with van der Waals surface area (Å²) in [5.74, 6) is 0.600. The van der Waals surface area contributed by atoms with Crippen LogP contribution in [-0.4, -0.2) is 31.8 Å². The summed E-state index contributed by atoms with van der Waals surface area (Å²) in [5, 5.41) is 22.4. The molecule has 0 aliphatic carbocycles. The molecule has 1 aromatic rings. The summed E-state index contributed by atoms with van der Waals surface area (Å²) in [6, 6.07) is 6.55. The summed E-state index contributed by atoms with van der Waals surface area (Å²) in [5.41, 5.74) is 0.750. The molecule has 0 heterocycles. The number of ether oxygens (including phenoxy) is 2. The van der Waals surface area contributed by atoms with Gasteiger partial charge in [-0.25, -0.2) is 0 Å². The van der Waals surface area contributed by atoms with Crippen molar-refractivity contribution in [3.05, 3.63) is 33.9 Å². The highest BCUT2D eigenvalue weighted by Crippen LogP contribution is 2.24. The van der Waals surface area contributed by atoms with Crippen LogP contribution in [0.1, 0.15) is 18.4 Å². The molecule has 1 rings (SSSR count). The van der Waals surface area contributed by atoms with E-state index in [4.69, 9.17) is 14.7 Å². The number of hydrogen-bond acceptors (Lipinski definition) is 6. The number of nitro benzene ring substituents is 1. The second-order valence-electron chi connectivity index (χ2n) is 4.33. The van der Waals surface area contributed by atoms with Crippen molar-refractivity contribution in [3.63, 3.8) is 0 Å². The number of rotatable bonds is 10. The molecule has 7 nitrogen and oxygen atoms in total. The molecule has 0 saturated heterocycles. The van der Waals surface area contributed by atoms with Crippen LogP contribution in [0.3, 0.4) is 0 Å². The van der Waals surface area contributed by atoms with E-state index in [9.17, 15) is 10.1 Å². The van der Waals surface area contributed by atoms with Crippen molar-refractivity contribution in [2.75, 3.05) is 26.9 Å². The first kappa shape index (κ1) is 16.9. The van der Waals surface area contributed by atoms with E-state index in [1.165, 1.54) is 12.1 Å². The van der Waals surface area contributed by atoms with Gasteiger partial charge in [-0.15, -0.1) is 0 Å². The lowest BCUT2D eigenvalue weighted by molar-refractivity contribution is -0.384. The van der Waals surface area contributed by atoms with Crippen molar-refractivity contribution < 1.29 is 14.4 Å². The molecule has 1 aromatic carbocycles. The highest BCUT2D eigenvalue weighted by atomic mass is 16.6. The van der Waals surface area contributed by atoms with Crippen molar-refractivity contribution in [2.45, 2.75) is 19.4 Å². The van der Waals surface area contributed by atoms with Gasteiger partial charge < -0.3 is 14.8 Å². The Balaban J connectivity index is 2.69. The number of methoxy groups -OCH3 is 1. The van der Waals surface area contributed by atoms with Gasteiger partial charge in [0.1, 0.15) is 5.75 Å². The van der Waals surface area contributed by atoms with Crippen LogP contribution in [0, 0.1) is 21.4 Å². The minimum Gasteiger partial charge on any atom is -0.493 e. The third kappa shape index (κ3) is 6.21. The van der Waals surface area contributed by atoms with Crippen LogP contribution >= 0.6 is 0 Å². The monoisotopic (exact) mass is 293 g/mol. The van der Waals surface area contributed by atoms with Gasteiger partial charge in [-0.05, 0) is 12.5 Å². The largest absolute Gasteiger partial charge is 0.493 e. The SMILES string of the molecule is COCCNCc1cc([N+](=O)[O-])ccc1OCCCC#N. The average Bonchev–Trinajstić information content (AvgIpc) is 2.48. The number of nitrogens with one attached hydrogen (secondary N) is 1. The van der Waals surface area contributed by atoms with Crippen LogP contribution in [0.4, 0.5) is 5.69 Å². The lowest BCUT2D eigenvalue weighted by atomic mass is 10.1. The third-order valence-corrected chi connectivity index (χ3v) is 2.74. The maximum Gasteiger partial charge on any atom is 0.270 e. The normalized spacial score (nSPS) is 10.1. The second kappa shape index (κ2) is 9.69. The van der Waals surface area contributed by atoms with E-state index < -0.39 is 4.92 Å². The van der Waals surface area contributed by atoms with Crippen molar-refractivity contribution in [2.24, 2.45) is 0 Å². The van der Waals surface area contributed by atoms with Gasteiger partial charge in [0.25, 0.3) is 5.69 Å². The van der Waals surface area contributed by atoms with Gasteiger partial charge in [0.05, 0.1) is 24.2 Å². The fourth-order valence-electron chi connectivity index (χ4n) is 1.69. The van der Waals surface area contributed by atoms with E-state index in [2.05, 4.69) is 5.32 Å². The molecule has 0 radical (unpaired) electrons. The number of benzene rings is 1. The quantitative estimate of drug-likeness (QED) is 0.402. The first-order chi connectivity index (χ1) is 10.2. The molecule has 0 saturated carbocycles. The zero-order valence-electron chi connectivity index (χ0n) is 12.0. The number of nitriles is 1. The van der Waals surface area contributed by atoms with E-state index in [0.717, 1.165) is 5.56 Å². The Morgan fingerprint density at radius 2 is 2.24 bits per heavy atom. The van der Waals surface area contributed by atoms with Crippen LogP contribution in [0.15, 0.2) is 18.2 Å². The summed E-state index contributed by atoms with van der Waals surface area (Å²) >= 11 is 0. The number of hydrogen-bond donors (Lipinski definition) is 1. The van der Waals surface area contributed by atoms with Crippen LogP contribution in [-0.2, 0) is 11.3 Å². The smallest absolute Gasteiger partial charge is 0.270 e. The van der Waals surface area contributed by atoms with E-state index in [1.54, 1.807) is 13.2 Å². The van der Waals surface area contributed by atoms with Crippen LogP contribution in [0.5, 0.6) is 5.75 Å². The van der Waals surface area contributed by atoms with Gasteiger partial charge in [-0.2, -0.15) is 5.26 Å². The molecule has 0 spiro atoms. The van der Waals surface area contributed by atoms with Gasteiger partial charge in [0, 0.05) is 44.3 Å². The Morgan fingerprint density at radius 3 is 2.90 bits per heavy atom. The lowest BCUT2D eigenvalue weighted by Gasteiger charge is -2.11. The van der Waals surface area contributed by atoms with Gasteiger partial charge in [-0.3, -0.25) is 10.1 Å². The summed E-state index contributed by atoms with van der Waals surface area (Å²) in [6.45, 7) is 2.08. The second-order valence-corrected chi connectivity index (χ2v) is 4.33. The van der Waals surface area contributed by atoms with Crippen molar-refractivity contribution in [1.29, 1.82) is 5.26 Å². The molecular formula is C14H19N3O4. The number of non-ortho nitro benzene ring substituents is 1. The summed E-state index contributed by atoms with van der Waals surface area (Å²) < 4.78 is 10.5. The Morgan fingerprint density at radius 1 is 1.43 bits per heavy atom. The number of nitrogens with zero attached hydrogens (tertiary/aromatic N) is 2. The number of nitro groups is 1. The Labute approximate surface area is 123 Å². The third-order valence-electron chi connectivity index (χ3n) is 2.74. The molecule has 0 unspecified atom stereocenters. The van der Waals surface area contributed by atoms with Crippen LogP contribution in [0.25, 0.3) is 0 Å². The van der Waals surface area contributed by atoms with E-state index in [0.29, 0.717) is 44.9 Å². The summed E-state index contributed by atoms with van der Waals surface area (Å²) in [6.07, 6.45) is 1.05. The van der Waals surface area contributed by atoms with E-state index in [-0.39, 0.29) is 5.69 Å². The molecule has 0 amide bonds. The zero-order chi connectivity index (χ0) is 15.5. The highest BCUT2D eigenvalue weighted by molar-refractivity contribution is 5.43. The molecular weight excluding hydrogens is 274 g/mol. The molecule has 0 fully saturated rings. The van der Waals surface area contributed by atoms with Crippen LogP contribution in [0.2, 0.25) is 0 Å². The number of unbranched alkanes of at least 4 members (excludes halogenated alkanes) is 1. The maximum atomic E-state index is 10.8. The lowest BCUT2D eigenvalue weighted by Crippen LogP contribution is -2.19. The predicted octanol–water partition coefficient (Wildman–Crippen LogP) is 2.01. The molecule has 0 aromatic heterocycles. The fourth-order valence-corrected chi connectivity index (χ4v) is 1.69. The molecule has 0 bridgehead atoms. The van der Waals surface area contributed by atoms with Crippen molar-refractivity contribution in [3.8, 4) is 11.8 Å². The Bertz CT molecular complexity index is 499. The molecule has 1 N–H and O–H groups in total. The van der Waals surface area contributed by atoms with E-state index in [1.807, 2.05) is 6.07 Å². The minimum atomic E-state index is -0.432. The minimum absolute atomic E-state index is 0.0305. The first-order valence-electron chi connectivity index (χ1n) is 6.65. The van der Waals surface area contributed by atoms with Crippen LogP contribution < -0.4 is 10.1 Å². The highest BCUT2D eigenvalue weighted by Gasteiger charge is 2.11. The van der Waals surface area contributed by atoms with Gasteiger partial charge >= 0.3 is 0 Å². The van der Waals surface area contributed by atoms with Crippen molar-refractivity contribution >= 4 is 5.69 Å². The molecule has 0 atom stereocenters.